The van der Waals surface area contributed by atoms with E-state index in [1.165, 1.54) is 23.4 Å². The molecule has 25 heavy (non-hydrogen) atoms. The predicted molar refractivity (Wildman–Crippen MR) is 86.0 cm³/mol. The maximum Gasteiger partial charge on any atom is 0.406 e. The molecule has 1 aliphatic heterocycles. The van der Waals surface area contributed by atoms with Crippen molar-refractivity contribution in [2.24, 2.45) is 0 Å². The van der Waals surface area contributed by atoms with E-state index in [0.29, 0.717) is 6.54 Å². The summed E-state index contributed by atoms with van der Waals surface area (Å²) >= 11 is 3.10. The molecule has 0 aromatic carbocycles. The molecule has 1 unspecified atom stereocenters. The average molecular weight is 424 g/mol. The quantitative estimate of drug-likeness (QED) is 0.712. The van der Waals surface area contributed by atoms with Gasteiger partial charge in [0.1, 0.15) is 19.3 Å². The Labute approximate surface area is 147 Å². The number of halogens is 5. The van der Waals surface area contributed by atoms with Crippen LogP contribution in [0.5, 0.6) is 0 Å². The molecule has 2 aromatic heterocycles. The largest absolute Gasteiger partial charge is 0.406 e. The van der Waals surface area contributed by atoms with Crippen molar-refractivity contribution in [3.63, 3.8) is 0 Å². The lowest BCUT2D eigenvalue weighted by atomic mass is 10.3. The third kappa shape index (κ3) is 3.73. The van der Waals surface area contributed by atoms with Gasteiger partial charge in [-0.3, -0.25) is 9.59 Å². The number of fused-ring (bicyclic) bond motifs is 1. The van der Waals surface area contributed by atoms with Gasteiger partial charge >= 0.3 is 6.18 Å². The molecule has 0 saturated carbocycles. The van der Waals surface area contributed by atoms with Crippen LogP contribution in [0, 0.1) is 0 Å². The molecule has 1 amide bonds. The highest BCUT2D eigenvalue weighted by Crippen LogP contribution is 2.27. The van der Waals surface area contributed by atoms with E-state index in [1.807, 2.05) is 0 Å². The van der Waals surface area contributed by atoms with Gasteiger partial charge in [0.2, 0.25) is 5.91 Å². The van der Waals surface area contributed by atoms with Crippen molar-refractivity contribution in [3.8, 4) is 0 Å². The van der Waals surface area contributed by atoms with Crippen LogP contribution < -0.4 is 5.56 Å². The number of carbonyl (C=O) groups excluding carboxylic acids is 1. The van der Waals surface area contributed by atoms with Gasteiger partial charge in [0, 0.05) is 23.4 Å². The van der Waals surface area contributed by atoms with Crippen molar-refractivity contribution in [1.29, 1.82) is 0 Å². The molecular weight excluding hydrogens is 410 g/mol. The van der Waals surface area contributed by atoms with Crippen LogP contribution in [0.4, 0.5) is 17.6 Å². The number of alkyl halides is 4. The molecule has 0 aliphatic carbocycles. The van der Waals surface area contributed by atoms with Crippen LogP contribution >= 0.6 is 15.9 Å². The van der Waals surface area contributed by atoms with E-state index in [0.717, 1.165) is 9.13 Å². The normalized spacial score (nSPS) is 18.3. The highest BCUT2D eigenvalue weighted by Gasteiger charge is 2.30. The Bertz CT molecular complexity index is 874. The summed E-state index contributed by atoms with van der Waals surface area (Å²) in [5, 5.41) is 0.0735. The van der Waals surface area contributed by atoms with Gasteiger partial charge in [-0.1, -0.05) is 0 Å². The first kappa shape index (κ1) is 18.0. The fourth-order valence-corrected chi connectivity index (χ4v) is 3.56. The Morgan fingerprint density at radius 1 is 1.32 bits per heavy atom. The topological polar surface area (TPSA) is 47.2 Å². The fourth-order valence-electron chi connectivity index (χ4n) is 2.94. The molecule has 1 atom stereocenters. The molecule has 1 saturated heterocycles. The smallest absolute Gasteiger partial charge is 0.338 e. The molecule has 0 spiro atoms. The first-order chi connectivity index (χ1) is 11.7. The third-order valence-corrected chi connectivity index (χ3v) is 4.70. The SMILES string of the molecule is O=C(Cn1ccc2c(c(Br)cn2CC(F)(F)F)c1=O)N1CCC(F)C1. The van der Waals surface area contributed by atoms with Crippen molar-refractivity contribution >= 4 is 32.7 Å². The Balaban J connectivity index is 1.91. The molecule has 0 N–H and O–H groups in total. The van der Waals surface area contributed by atoms with E-state index in [2.05, 4.69) is 15.9 Å². The van der Waals surface area contributed by atoms with Gasteiger partial charge in [-0.15, -0.1) is 0 Å². The van der Waals surface area contributed by atoms with E-state index in [-0.39, 0.29) is 34.9 Å². The van der Waals surface area contributed by atoms with Crippen molar-refractivity contribution in [3.05, 3.63) is 33.3 Å². The molecule has 3 rings (SSSR count). The summed E-state index contributed by atoms with van der Waals surface area (Å²) in [6.07, 6.45) is -2.74. The number of hydrogen-bond donors (Lipinski definition) is 0. The maximum atomic E-state index is 13.2. The molecule has 10 heteroatoms. The predicted octanol–water partition coefficient (Wildman–Crippen LogP) is 2.70. The zero-order valence-electron chi connectivity index (χ0n) is 12.9. The molecular formula is C15H14BrF4N3O2. The zero-order valence-corrected chi connectivity index (χ0v) is 14.5. The summed E-state index contributed by atoms with van der Waals surface area (Å²) in [5.74, 6) is -0.396. The average Bonchev–Trinajstić information content (AvgIpc) is 3.05. The third-order valence-electron chi connectivity index (χ3n) is 4.10. The lowest BCUT2D eigenvalue weighted by Gasteiger charge is -2.16. The van der Waals surface area contributed by atoms with Crippen LogP contribution in [0.2, 0.25) is 0 Å². The Morgan fingerprint density at radius 3 is 2.64 bits per heavy atom. The fraction of sp³-hybridized carbons (Fsp3) is 0.467. The van der Waals surface area contributed by atoms with Crippen LogP contribution in [0.15, 0.2) is 27.7 Å². The van der Waals surface area contributed by atoms with Crippen LogP contribution in [-0.2, 0) is 17.9 Å². The van der Waals surface area contributed by atoms with Crippen LogP contribution in [0.1, 0.15) is 6.42 Å². The highest BCUT2D eigenvalue weighted by molar-refractivity contribution is 9.10. The molecule has 3 heterocycles. The first-order valence-electron chi connectivity index (χ1n) is 7.52. The van der Waals surface area contributed by atoms with E-state index < -0.39 is 30.4 Å². The van der Waals surface area contributed by atoms with Crippen molar-refractivity contribution in [1.82, 2.24) is 14.0 Å². The van der Waals surface area contributed by atoms with Gasteiger partial charge in [-0.25, -0.2) is 4.39 Å². The summed E-state index contributed by atoms with van der Waals surface area (Å²) in [4.78, 5) is 26.0. The minimum absolute atomic E-state index is 0.00147. The number of carbonyl (C=O) groups is 1. The molecule has 0 bridgehead atoms. The van der Waals surface area contributed by atoms with Gasteiger partial charge in [0.05, 0.1) is 17.4 Å². The van der Waals surface area contributed by atoms with Gasteiger partial charge in [0.25, 0.3) is 5.56 Å². The van der Waals surface area contributed by atoms with Crippen LogP contribution in [0.3, 0.4) is 0 Å². The zero-order chi connectivity index (χ0) is 18.4. The molecule has 136 valence electrons. The summed E-state index contributed by atoms with van der Waals surface area (Å²) in [5.41, 5.74) is -0.447. The second-order valence-corrected chi connectivity index (χ2v) is 6.81. The number of rotatable bonds is 3. The van der Waals surface area contributed by atoms with E-state index >= 15 is 0 Å². The molecule has 1 fully saturated rings. The number of nitrogens with zero attached hydrogens (tertiary/aromatic N) is 3. The summed E-state index contributed by atoms with van der Waals surface area (Å²) < 4.78 is 53.4. The summed E-state index contributed by atoms with van der Waals surface area (Å²) in [6.45, 7) is -1.20. The van der Waals surface area contributed by atoms with Crippen molar-refractivity contribution in [2.75, 3.05) is 13.1 Å². The number of aromatic nitrogens is 2. The Hall–Kier alpha value is -1.84. The van der Waals surface area contributed by atoms with Crippen LogP contribution in [0.25, 0.3) is 10.9 Å². The molecule has 1 aliphatic rings. The van der Waals surface area contributed by atoms with Gasteiger partial charge < -0.3 is 14.0 Å². The number of hydrogen-bond acceptors (Lipinski definition) is 2. The molecule has 2 aromatic rings. The van der Waals surface area contributed by atoms with Crippen molar-refractivity contribution < 1.29 is 22.4 Å². The molecule has 0 radical (unpaired) electrons. The van der Waals surface area contributed by atoms with E-state index in [9.17, 15) is 27.2 Å². The molecule has 5 nitrogen and oxygen atoms in total. The Kier molecular flexibility index (Phi) is 4.65. The van der Waals surface area contributed by atoms with Crippen molar-refractivity contribution in [2.45, 2.75) is 31.9 Å². The maximum absolute atomic E-state index is 13.2. The minimum atomic E-state index is -4.42. The van der Waals surface area contributed by atoms with Gasteiger partial charge in [-0.2, -0.15) is 13.2 Å². The number of likely N-dealkylation sites (tertiary alicyclic amines) is 1. The second-order valence-electron chi connectivity index (χ2n) is 5.95. The summed E-state index contributed by atoms with van der Waals surface area (Å²) in [6, 6.07) is 1.36. The Morgan fingerprint density at radius 2 is 2.04 bits per heavy atom. The monoisotopic (exact) mass is 423 g/mol. The summed E-state index contributed by atoms with van der Waals surface area (Å²) in [7, 11) is 0. The standard InChI is InChI=1S/C15H14BrF4N3O2/c16-10-6-23(8-15(18,19)20)11-2-4-22(14(25)13(10)11)7-12(24)21-3-1-9(17)5-21/h2,4,6,9H,1,3,5,7-8H2. The highest BCUT2D eigenvalue weighted by atomic mass is 79.9. The van der Waals surface area contributed by atoms with Crippen LogP contribution in [-0.4, -0.2) is 45.4 Å². The van der Waals surface area contributed by atoms with E-state index in [1.54, 1.807) is 0 Å². The minimum Gasteiger partial charge on any atom is -0.338 e. The van der Waals surface area contributed by atoms with Gasteiger partial charge in [-0.05, 0) is 28.4 Å². The lowest BCUT2D eigenvalue weighted by molar-refractivity contribution is -0.139. The first-order valence-corrected chi connectivity index (χ1v) is 8.31. The van der Waals surface area contributed by atoms with E-state index in [4.69, 9.17) is 0 Å². The second kappa shape index (κ2) is 6.47. The number of pyridine rings is 1. The number of amides is 1. The van der Waals surface area contributed by atoms with Gasteiger partial charge in [0.15, 0.2) is 0 Å². The lowest BCUT2D eigenvalue weighted by Crippen LogP contribution is -2.35.